The molecule has 1 saturated heterocycles. The number of ketones is 1. The maximum atomic E-state index is 12.9. The molecule has 3 unspecified atom stereocenters. The van der Waals surface area contributed by atoms with Crippen LogP contribution in [0, 0.1) is 17.7 Å². The number of carboxylic acid groups (broad SMARTS) is 1. The van der Waals surface area contributed by atoms with Gasteiger partial charge in [-0.15, -0.1) is 0 Å². The predicted molar refractivity (Wildman–Crippen MR) is 129 cm³/mol. The number of carbonyl (C=O) groups is 2. The molecule has 3 rings (SSSR count). The third kappa shape index (κ3) is 12.9. The van der Waals surface area contributed by atoms with Gasteiger partial charge in [-0.2, -0.15) is 0 Å². The van der Waals surface area contributed by atoms with Crippen molar-refractivity contribution in [1.29, 1.82) is 0 Å². The van der Waals surface area contributed by atoms with Gasteiger partial charge in [-0.3, -0.25) is 9.59 Å². The SMILES string of the molecule is C1CC1.CC.CC(=O)C1CCC(C)CO1.CCCC(c1ccc(F)cc1)[C@@H](CC)C(=O)O. The summed E-state index contributed by atoms with van der Waals surface area (Å²) in [6.45, 7) is 12.4. The lowest BCUT2D eigenvalue weighted by Crippen LogP contribution is -2.29. The van der Waals surface area contributed by atoms with E-state index in [4.69, 9.17) is 4.74 Å². The van der Waals surface area contributed by atoms with E-state index in [0.29, 0.717) is 12.3 Å². The Bertz CT molecular complexity index is 616. The Morgan fingerprint density at radius 2 is 1.66 bits per heavy atom. The first-order chi connectivity index (χ1) is 15.3. The van der Waals surface area contributed by atoms with Crippen molar-refractivity contribution >= 4 is 11.8 Å². The molecule has 4 atom stereocenters. The average molecular weight is 453 g/mol. The van der Waals surface area contributed by atoms with Crippen molar-refractivity contribution in [1.82, 2.24) is 0 Å². The van der Waals surface area contributed by atoms with E-state index in [2.05, 4.69) is 6.92 Å². The van der Waals surface area contributed by atoms with Gasteiger partial charge in [-0.1, -0.05) is 72.4 Å². The van der Waals surface area contributed by atoms with Crippen molar-refractivity contribution < 1.29 is 23.8 Å². The quantitative estimate of drug-likeness (QED) is 0.468. The van der Waals surface area contributed by atoms with Gasteiger partial charge in [-0.25, -0.2) is 4.39 Å². The zero-order valence-corrected chi connectivity index (χ0v) is 21.0. The van der Waals surface area contributed by atoms with Crippen LogP contribution < -0.4 is 0 Å². The highest BCUT2D eigenvalue weighted by Crippen LogP contribution is 2.32. The van der Waals surface area contributed by atoms with Crippen molar-refractivity contribution in [2.75, 3.05) is 6.61 Å². The third-order valence-electron chi connectivity index (χ3n) is 5.45. The number of hydrogen-bond acceptors (Lipinski definition) is 3. The topological polar surface area (TPSA) is 63.6 Å². The normalized spacial score (nSPS) is 20.6. The van der Waals surface area contributed by atoms with Crippen molar-refractivity contribution in [3.8, 4) is 0 Å². The largest absolute Gasteiger partial charge is 0.481 e. The first kappa shape index (κ1) is 30.2. The second-order valence-corrected chi connectivity index (χ2v) is 8.48. The maximum Gasteiger partial charge on any atom is 0.307 e. The Morgan fingerprint density at radius 3 is 2.00 bits per heavy atom. The number of ether oxygens (including phenoxy) is 1. The summed E-state index contributed by atoms with van der Waals surface area (Å²) in [6.07, 6.45) is 8.77. The van der Waals surface area contributed by atoms with Crippen LogP contribution >= 0.6 is 0 Å². The van der Waals surface area contributed by atoms with E-state index in [9.17, 15) is 19.1 Å². The van der Waals surface area contributed by atoms with Crippen LogP contribution in [-0.4, -0.2) is 29.6 Å². The molecule has 1 aromatic rings. The summed E-state index contributed by atoms with van der Waals surface area (Å²) in [5.41, 5.74) is 0.919. The van der Waals surface area contributed by atoms with Crippen molar-refractivity contribution in [3.05, 3.63) is 35.6 Å². The van der Waals surface area contributed by atoms with Gasteiger partial charge in [-0.05, 0) is 62.1 Å². The number of Topliss-reactive ketones (excluding diaryl/α,β-unsaturated/α-hetero) is 1. The maximum absolute atomic E-state index is 12.9. The number of carbonyl (C=O) groups excluding carboxylic acids is 1. The molecule has 184 valence electrons. The first-order valence-corrected chi connectivity index (χ1v) is 12.4. The highest BCUT2D eigenvalue weighted by atomic mass is 19.1. The van der Waals surface area contributed by atoms with E-state index >= 15 is 0 Å². The number of benzene rings is 1. The summed E-state index contributed by atoms with van der Waals surface area (Å²) in [4.78, 5) is 22.0. The van der Waals surface area contributed by atoms with Gasteiger partial charge in [0, 0.05) is 0 Å². The monoisotopic (exact) mass is 452 g/mol. The van der Waals surface area contributed by atoms with Crippen LogP contribution in [0.1, 0.15) is 104 Å². The molecule has 0 spiro atoms. The van der Waals surface area contributed by atoms with E-state index < -0.39 is 5.97 Å². The summed E-state index contributed by atoms with van der Waals surface area (Å²) >= 11 is 0. The Balaban J connectivity index is 0.000000535. The zero-order valence-electron chi connectivity index (χ0n) is 21.0. The fraction of sp³-hybridized carbons (Fsp3) is 0.704. The molecule has 0 aromatic heterocycles. The Labute approximate surface area is 194 Å². The summed E-state index contributed by atoms with van der Waals surface area (Å²) in [5.74, 6) is -0.659. The molecule has 4 nitrogen and oxygen atoms in total. The molecular formula is C27H45FO4. The van der Waals surface area contributed by atoms with E-state index in [1.165, 1.54) is 31.4 Å². The standard InChI is InChI=1S/C14H19FO2.C8H14O2.C3H6.C2H6/c1-3-5-13(12(4-2)14(16)17)10-6-8-11(15)9-7-10;1-6-3-4-8(7(2)9)10-5-6;1-2-3-1;1-2/h6-9,12-13H,3-5H2,1-2H3,(H,16,17);6,8H,3-5H2,1-2H3;1-3H2;1-2H3/t12-,13?;;;/m1.../s1. The molecule has 1 saturated carbocycles. The minimum absolute atomic E-state index is 0.0249. The lowest BCUT2D eigenvalue weighted by atomic mass is 9.81. The zero-order chi connectivity index (χ0) is 24.5. The van der Waals surface area contributed by atoms with E-state index in [0.717, 1.165) is 37.9 Å². The minimum atomic E-state index is -0.768. The molecule has 2 aliphatic rings. The predicted octanol–water partition coefficient (Wildman–Crippen LogP) is 7.41. The van der Waals surface area contributed by atoms with E-state index in [1.54, 1.807) is 19.1 Å². The Kier molecular flexibility index (Phi) is 16.8. The van der Waals surface area contributed by atoms with Crippen LogP contribution in [0.3, 0.4) is 0 Å². The molecule has 1 aliphatic heterocycles. The second-order valence-electron chi connectivity index (χ2n) is 8.48. The fourth-order valence-corrected chi connectivity index (χ4v) is 3.46. The van der Waals surface area contributed by atoms with Crippen LogP contribution in [0.4, 0.5) is 4.39 Å². The molecule has 5 heteroatoms. The van der Waals surface area contributed by atoms with Gasteiger partial charge in [0.2, 0.25) is 0 Å². The number of carboxylic acids is 1. The van der Waals surface area contributed by atoms with Crippen molar-refractivity contribution in [2.24, 2.45) is 11.8 Å². The fourth-order valence-electron chi connectivity index (χ4n) is 3.46. The lowest BCUT2D eigenvalue weighted by Gasteiger charge is -2.24. The molecule has 0 radical (unpaired) electrons. The highest BCUT2D eigenvalue weighted by molar-refractivity contribution is 5.80. The molecule has 0 bridgehead atoms. The molecule has 1 aromatic carbocycles. The Morgan fingerprint density at radius 1 is 1.09 bits per heavy atom. The molecule has 2 fully saturated rings. The van der Waals surface area contributed by atoms with Crippen molar-refractivity contribution in [3.63, 3.8) is 0 Å². The Hall–Kier alpha value is -1.75. The van der Waals surface area contributed by atoms with Crippen LogP contribution in [0.5, 0.6) is 0 Å². The van der Waals surface area contributed by atoms with Crippen LogP contribution in [-0.2, 0) is 14.3 Å². The van der Waals surface area contributed by atoms with E-state index in [1.807, 2.05) is 27.7 Å². The van der Waals surface area contributed by atoms with Gasteiger partial charge in [0.25, 0.3) is 0 Å². The first-order valence-electron chi connectivity index (χ1n) is 12.4. The minimum Gasteiger partial charge on any atom is -0.481 e. The third-order valence-corrected chi connectivity index (χ3v) is 5.45. The molecule has 32 heavy (non-hydrogen) atoms. The summed E-state index contributed by atoms with van der Waals surface area (Å²) in [6, 6.07) is 6.18. The van der Waals surface area contributed by atoms with Crippen LogP contribution in [0.2, 0.25) is 0 Å². The highest BCUT2D eigenvalue weighted by Gasteiger charge is 2.27. The number of aliphatic carboxylic acids is 1. The summed E-state index contributed by atoms with van der Waals surface area (Å²) < 4.78 is 18.2. The van der Waals surface area contributed by atoms with Gasteiger partial charge >= 0.3 is 5.97 Å². The molecular weight excluding hydrogens is 407 g/mol. The van der Waals surface area contributed by atoms with Crippen LogP contribution in [0.25, 0.3) is 0 Å². The van der Waals surface area contributed by atoms with Crippen molar-refractivity contribution in [2.45, 2.75) is 105 Å². The smallest absolute Gasteiger partial charge is 0.307 e. The van der Waals surface area contributed by atoms with Gasteiger partial charge < -0.3 is 9.84 Å². The molecule has 1 heterocycles. The van der Waals surface area contributed by atoms with Gasteiger partial charge in [0.1, 0.15) is 11.9 Å². The summed E-state index contributed by atoms with van der Waals surface area (Å²) in [5, 5.41) is 9.21. The summed E-state index contributed by atoms with van der Waals surface area (Å²) in [7, 11) is 0. The number of rotatable bonds is 7. The van der Waals surface area contributed by atoms with Gasteiger partial charge in [0.05, 0.1) is 12.5 Å². The molecule has 1 aliphatic carbocycles. The lowest BCUT2D eigenvalue weighted by molar-refractivity contribution is -0.142. The average Bonchev–Trinajstić information content (AvgIpc) is 3.66. The van der Waals surface area contributed by atoms with E-state index in [-0.39, 0.29) is 29.5 Å². The molecule has 0 amide bonds. The van der Waals surface area contributed by atoms with Crippen LogP contribution in [0.15, 0.2) is 24.3 Å². The number of hydrogen-bond donors (Lipinski definition) is 1. The number of halogens is 1. The van der Waals surface area contributed by atoms with Gasteiger partial charge in [0.15, 0.2) is 5.78 Å². The second kappa shape index (κ2) is 17.8. The molecule has 1 N–H and O–H groups in total.